The molecule has 0 bridgehead atoms. The molecule has 4 heteroatoms. The summed E-state index contributed by atoms with van der Waals surface area (Å²) in [7, 11) is 0. The van der Waals surface area contributed by atoms with Gasteiger partial charge in [0.05, 0.1) is 11.9 Å². The van der Waals surface area contributed by atoms with Crippen molar-refractivity contribution >= 4 is 17.3 Å². The van der Waals surface area contributed by atoms with E-state index in [0.717, 1.165) is 30.3 Å². The maximum atomic E-state index is 5.98. The molecule has 0 aliphatic carbocycles. The van der Waals surface area contributed by atoms with Crippen LogP contribution in [-0.2, 0) is 0 Å². The van der Waals surface area contributed by atoms with Crippen molar-refractivity contribution in [1.29, 1.82) is 0 Å². The van der Waals surface area contributed by atoms with Crippen molar-refractivity contribution < 1.29 is 9.47 Å². The van der Waals surface area contributed by atoms with Crippen LogP contribution in [0, 0.1) is 0 Å². The minimum atomic E-state index is 0.461. The van der Waals surface area contributed by atoms with Crippen molar-refractivity contribution in [3.63, 3.8) is 0 Å². The summed E-state index contributed by atoms with van der Waals surface area (Å²) in [6.07, 6.45) is 7.19. The summed E-state index contributed by atoms with van der Waals surface area (Å²) in [5.41, 5.74) is 2.09. The zero-order chi connectivity index (χ0) is 20.4. The van der Waals surface area contributed by atoms with Crippen molar-refractivity contribution in [2.45, 2.75) is 19.3 Å². The average Bonchev–Trinajstić information content (AvgIpc) is 2.81. The molecule has 152 valence electrons. The van der Waals surface area contributed by atoms with Gasteiger partial charge >= 0.3 is 0 Å². The van der Waals surface area contributed by atoms with Crippen LogP contribution >= 0.6 is 0 Å². The van der Waals surface area contributed by atoms with Gasteiger partial charge in [-0.05, 0) is 67.8 Å². The van der Waals surface area contributed by atoms with Gasteiger partial charge in [-0.1, -0.05) is 36.4 Å². The van der Waals surface area contributed by atoms with Gasteiger partial charge in [0, 0.05) is 24.9 Å². The first-order chi connectivity index (χ1) is 14.9. The van der Waals surface area contributed by atoms with Gasteiger partial charge in [0.15, 0.2) is 0 Å². The number of anilines is 1. The highest BCUT2D eigenvalue weighted by atomic mass is 16.5. The van der Waals surface area contributed by atoms with Gasteiger partial charge in [0.25, 0.3) is 0 Å². The van der Waals surface area contributed by atoms with Gasteiger partial charge in [-0.3, -0.25) is 0 Å². The van der Waals surface area contributed by atoms with E-state index in [-0.39, 0.29) is 0 Å². The molecule has 1 heterocycles. The fraction of sp³-hybridized carbons (Fsp3) is 0.192. The van der Waals surface area contributed by atoms with Gasteiger partial charge in [-0.25, -0.2) is 4.99 Å². The minimum Gasteiger partial charge on any atom is -0.465 e. The number of rotatable bonds is 6. The third-order valence-electron chi connectivity index (χ3n) is 4.93. The SMILES string of the molecule is C(=CC(=Nc1ccc(N2CCCCC2)cc1)Oc1ccccc1)Oc1ccccc1. The lowest BCUT2D eigenvalue weighted by Gasteiger charge is -2.28. The highest BCUT2D eigenvalue weighted by Crippen LogP contribution is 2.23. The second kappa shape index (κ2) is 10.3. The smallest absolute Gasteiger partial charge is 0.222 e. The van der Waals surface area contributed by atoms with E-state index in [9.17, 15) is 0 Å². The Balaban J connectivity index is 1.50. The zero-order valence-electron chi connectivity index (χ0n) is 17.0. The fourth-order valence-electron chi connectivity index (χ4n) is 3.39. The third kappa shape index (κ3) is 5.74. The first-order valence-electron chi connectivity index (χ1n) is 10.4. The number of nitrogens with zero attached hydrogens (tertiary/aromatic N) is 2. The number of aliphatic imine (C=N–C) groups is 1. The van der Waals surface area contributed by atoms with Crippen molar-refractivity contribution in [1.82, 2.24) is 0 Å². The van der Waals surface area contributed by atoms with Gasteiger partial charge in [-0.2, -0.15) is 0 Å². The number of piperidine rings is 1. The fourth-order valence-corrected chi connectivity index (χ4v) is 3.39. The molecule has 0 N–H and O–H groups in total. The van der Waals surface area contributed by atoms with Crippen LogP contribution in [0.25, 0.3) is 0 Å². The molecule has 4 rings (SSSR count). The Kier molecular flexibility index (Phi) is 6.79. The van der Waals surface area contributed by atoms with Crippen molar-refractivity contribution in [3.05, 3.63) is 97.3 Å². The van der Waals surface area contributed by atoms with E-state index < -0.39 is 0 Å². The summed E-state index contributed by atoms with van der Waals surface area (Å²) in [4.78, 5) is 7.12. The molecule has 1 saturated heterocycles. The largest absolute Gasteiger partial charge is 0.465 e. The molecule has 1 aliphatic heterocycles. The van der Waals surface area contributed by atoms with Crippen molar-refractivity contribution in [3.8, 4) is 11.5 Å². The molecule has 0 radical (unpaired) electrons. The Labute approximate surface area is 178 Å². The van der Waals surface area contributed by atoms with Gasteiger partial charge in [0.2, 0.25) is 5.90 Å². The standard InChI is InChI=1S/C26H26N2O2/c1-4-10-24(11-5-1)29-21-18-26(30-25-12-6-2-7-13-25)27-22-14-16-23(17-15-22)28-19-8-3-9-20-28/h1-2,4-7,10-18,21H,3,8-9,19-20H2. The average molecular weight is 399 g/mol. The lowest BCUT2D eigenvalue weighted by molar-refractivity contribution is 0.479. The molecule has 0 aromatic heterocycles. The summed E-state index contributed by atoms with van der Waals surface area (Å²) in [5.74, 6) is 1.95. The molecule has 4 nitrogen and oxygen atoms in total. The minimum absolute atomic E-state index is 0.461. The predicted octanol–water partition coefficient (Wildman–Crippen LogP) is 6.38. The Morgan fingerprint density at radius 2 is 1.37 bits per heavy atom. The van der Waals surface area contributed by atoms with Gasteiger partial charge in [0.1, 0.15) is 11.5 Å². The van der Waals surface area contributed by atoms with Crippen LogP contribution in [0.1, 0.15) is 19.3 Å². The monoisotopic (exact) mass is 398 g/mol. The summed E-state index contributed by atoms with van der Waals surface area (Å²) < 4.78 is 11.6. The summed E-state index contributed by atoms with van der Waals surface area (Å²) in [5, 5.41) is 0. The molecule has 0 amide bonds. The predicted molar refractivity (Wildman–Crippen MR) is 123 cm³/mol. The van der Waals surface area contributed by atoms with E-state index in [2.05, 4.69) is 22.0 Å². The molecule has 0 saturated carbocycles. The van der Waals surface area contributed by atoms with Crippen LogP contribution in [-0.4, -0.2) is 19.0 Å². The highest BCUT2D eigenvalue weighted by molar-refractivity contribution is 5.91. The second-order valence-electron chi connectivity index (χ2n) is 7.16. The van der Waals surface area contributed by atoms with Crippen LogP contribution in [0.15, 0.2) is 102 Å². The van der Waals surface area contributed by atoms with Crippen molar-refractivity contribution in [2.24, 2.45) is 4.99 Å². The Morgan fingerprint density at radius 3 is 2.03 bits per heavy atom. The highest BCUT2D eigenvalue weighted by Gasteiger charge is 2.10. The van der Waals surface area contributed by atoms with Crippen LogP contribution in [0.5, 0.6) is 11.5 Å². The number of hydrogen-bond acceptors (Lipinski definition) is 4. The number of para-hydroxylation sites is 2. The van der Waals surface area contributed by atoms with E-state index >= 15 is 0 Å². The molecule has 3 aromatic carbocycles. The number of benzene rings is 3. The maximum Gasteiger partial charge on any atom is 0.222 e. The molecule has 0 unspecified atom stereocenters. The molecule has 0 atom stereocenters. The van der Waals surface area contributed by atoms with Crippen LogP contribution in [0.2, 0.25) is 0 Å². The van der Waals surface area contributed by atoms with Gasteiger partial charge < -0.3 is 14.4 Å². The van der Waals surface area contributed by atoms with Gasteiger partial charge in [-0.15, -0.1) is 0 Å². The zero-order valence-corrected chi connectivity index (χ0v) is 17.0. The normalized spacial score (nSPS) is 14.7. The van der Waals surface area contributed by atoms with E-state index in [1.807, 2.05) is 72.8 Å². The second-order valence-corrected chi connectivity index (χ2v) is 7.16. The van der Waals surface area contributed by atoms with Crippen LogP contribution in [0.4, 0.5) is 11.4 Å². The van der Waals surface area contributed by atoms with E-state index in [1.165, 1.54) is 24.9 Å². The number of ether oxygens (including phenoxy) is 2. The number of hydrogen-bond donors (Lipinski definition) is 0. The topological polar surface area (TPSA) is 34.1 Å². The summed E-state index contributed by atoms with van der Waals surface area (Å²) in [6, 6.07) is 27.6. The Hall–Kier alpha value is -3.53. The van der Waals surface area contributed by atoms with Crippen LogP contribution in [0.3, 0.4) is 0 Å². The molecule has 0 spiro atoms. The lowest BCUT2D eigenvalue weighted by Crippen LogP contribution is -2.29. The maximum absolute atomic E-state index is 5.98. The lowest BCUT2D eigenvalue weighted by atomic mass is 10.1. The molecular weight excluding hydrogens is 372 g/mol. The van der Waals surface area contributed by atoms with Crippen LogP contribution < -0.4 is 14.4 Å². The van der Waals surface area contributed by atoms with E-state index in [1.54, 1.807) is 12.3 Å². The molecular formula is C26H26N2O2. The molecule has 3 aromatic rings. The van der Waals surface area contributed by atoms with Crippen molar-refractivity contribution in [2.75, 3.05) is 18.0 Å². The molecule has 1 fully saturated rings. The molecule has 30 heavy (non-hydrogen) atoms. The molecule has 1 aliphatic rings. The summed E-state index contributed by atoms with van der Waals surface area (Å²) >= 11 is 0. The van der Waals surface area contributed by atoms with E-state index in [0.29, 0.717) is 5.90 Å². The Bertz CT molecular complexity index is 961. The quantitative estimate of drug-likeness (QED) is 0.274. The Morgan fingerprint density at radius 1 is 0.733 bits per heavy atom. The first-order valence-corrected chi connectivity index (χ1v) is 10.4. The summed E-state index contributed by atoms with van der Waals surface area (Å²) in [6.45, 7) is 2.26. The third-order valence-corrected chi connectivity index (χ3v) is 4.93. The first kappa shape index (κ1) is 19.8. The van der Waals surface area contributed by atoms with E-state index in [4.69, 9.17) is 9.47 Å².